The van der Waals surface area contributed by atoms with E-state index in [4.69, 9.17) is 0 Å². The summed E-state index contributed by atoms with van der Waals surface area (Å²) in [4.78, 5) is 11.2. The molecule has 0 aromatic rings. The Hall–Kier alpha value is -1.51. The van der Waals surface area contributed by atoms with Gasteiger partial charge in [0.1, 0.15) is 0 Å². The lowest BCUT2D eigenvalue weighted by atomic mass is 9.76. The van der Waals surface area contributed by atoms with E-state index in [1.165, 1.54) is 5.57 Å². The molecule has 2 atom stereocenters. The van der Waals surface area contributed by atoms with Gasteiger partial charge in [-0.05, 0) is 18.4 Å². The maximum absolute atomic E-state index is 11.2. The Bertz CT molecular complexity index is 429. The van der Waals surface area contributed by atoms with E-state index in [0.717, 1.165) is 18.5 Å². The molecule has 1 heterocycles. The second kappa shape index (κ2) is 3.26. The van der Waals surface area contributed by atoms with Crippen LogP contribution in [0, 0.1) is 11.8 Å². The van der Waals surface area contributed by atoms with E-state index >= 15 is 0 Å². The third-order valence-corrected chi connectivity index (χ3v) is 3.33. The van der Waals surface area contributed by atoms with E-state index in [1.807, 2.05) is 6.08 Å². The molecule has 0 aromatic heterocycles. The number of carbonyl (C=O) groups is 1. The SMILES string of the molecule is O=C1CC2CCC3C=CC=CC3=C2N=N1. The zero-order chi connectivity index (χ0) is 10.3. The second-order valence-corrected chi connectivity index (χ2v) is 4.26. The summed E-state index contributed by atoms with van der Waals surface area (Å²) in [7, 11) is 0. The highest BCUT2D eigenvalue weighted by molar-refractivity contribution is 5.78. The lowest BCUT2D eigenvalue weighted by Gasteiger charge is -2.30. The minimum atomic E-state index is -0.0712. The Kier molecular flexibility index (Phi) is 1.91. The molecule has 3 aliphatic rings. The van der Waals surface area contributed by atoms with E-state index in [1.54, 1.807) is 0 Å². The van der Waals surface area contributed by atoms with E-state index in [0.29, 0.717) is 18.3 Å². The molecule has 0 fully saturated rings. The average molecular weight is 200 g/mol. The summed E-state index contributed by atoms with van der Waals surface area (Å²) in [6, 6.07) is 0. The lowest BCUT2D eigenvalue weighted by Crippen LogP contribution is -2.22. The normalized spacial score (nSPS) is 32.9. The van der Waals surface area contributed by atoms with Crippen LogP contribution in [0.5, 0.6) is 0 Å². The number of carbonyl (C=O) groups excluding carboxylic acids is 1. The van der Waals surface area contributed by atoms with Gasteiger partial charge in [-0.2, -0.15) is 5.11 Å². The number of allylic oxidation sites excluding steroid dienone is 6. The molecule has 1 amide bonds. The lowest BCUT2D eigenvalue weighted by molar-refractivity contribution is -0.119. The van der Waals surface area contributed by atoms with Crippen LogP contribution in [-0.4, -0.2) is 5.91 Å². The van der Waals surface area contributed by atoms with Gasteiger partial charge < -0.3 is 0 Å². The molecule has 0 saturated carbocycles. The summed E-state index contributed by atoms with van der Waals surface area (Å²) in [6.45, 7) is 0. The van der Waals surface area contributed by atoms with Gasteiger partial charge in [0.25, 0.3) is 5.91 Å². The molecule has 0 N–H and O–H groups in total. The molecule has 0 saturated heterocycles. The predicted octanol–water partition coefficient (Wildman–Crippen LogP) is 2.78. The van der Waals surface area contributed by atoms with Crippen molar-refractivity contribution in [2.75, 3.05) is 0 Å². The molecule has 0 radical (unpaired) electrons. The van der Waals surface area contributed by atoms with Gasteiger partial charge in [-0.3, -0.25) is 4.79 Å². The monoisotopic (exact) mass is 200 g/mol. The van der Waals surface area contributed by atoms with Crippen molar-refractivity contribution < 1.29 is 4.79 Å². The molecule has 3 nitrogen and oxygen atoms in total. The topological polar surface area (TPSA) is 41.8 Å². The second-order valence-electron chi connectivity index (χ2n) is 4.26. The third-order valence-electron chi connectivity index (χ3n) is 3.33. The van der Waals surface area contributed by atoms with Crippen LogP contribution >= 0.6 is 0 Å². The van der Waals surface area contributed by atoms with Crippen LogP contribution in [0.25, 0.3) is 0 Å². The van der Waals surface area contributed by atoms with E-state index in [-0.39, 0.29) is 5.91 Å². The van der Waals surface area contributed by atoms with Gasteiger partial charge >= 0.3 is 0 Å². The van der Waals surface area contributed by atoms with Crippen molar-refractivity contribution in [1.29, 1.82) is 0 Å². The molecule has 0 aromatic carbocycles. The van der Waals surface area contributed by atoms with Crippen molar-refractivity contribution >= 4 is 5.91 Å². The Morgan fingerprint density at radius 3 is 3.07 bits per heavy atom. The third kappa shape index (κ3) is 1.39. The van der Waals surface area contributed by atoms with Crippen molar-refractivity contribution in [1.82, 2.24) is 0 Å². The van der Waals surface area contributed by atoms with E-state index < -0.39 is 0 Å². The van der Waals surface area contributed by atoms with E-state index in [2.05, 4.69) is 28.5 Å². The van der Waals surface area contributed by atoms with Gasteiger partial charge in [-0.15, -0.1) is 5.11 Å². The fourth-order valence-corrected chi connectivity index (χ4v) is 2.56. The predicted molar refractivity (Wildman–Crippen MR) is 56.0 cm³/mol. The van der Waals surface area contributed by atoms with Crippen molar-refractivity contribution in [2.24, 2.45) is 22.1 Å². The summed E-state index contributed by atoms with van der Waals surface area (Å²) in [5, 5.41) is 7.76. The summed E-state index contributed by atoms with van der Waals surface area (Å²) < 4.78 is 0. The first-order valence-corrected chi connectivity index (χ1v) is 5.38. The number of hydrogen-bond acceptors (Lipinski definition) is 2. The van der Waals surface area contributed by atoms with Gasteiger partial charge in [-0.25, -0.2) is 0 Å². The Morgan fingerprint density at radius 1 is 1.20 bits per heavy atom. The van der Waals surface area contributed by atoms with Gasteiger partial charge in [0.05, 0.1) is 5.70 Å². The van der Waals surface area contributed by atoms with Crippen molar-refractivity contribution in [3.05, 3.63) is 35.6 Å². The number of hydrogen-bond donors (Lipinski definition) is 0. The molecule has 0 bridgehead atoms. The number of amides is 1. The average Bonchev–Trinajstić information content (AvgIpc) is 2.28. The molecule has 15 heavy (non-hydrogen) atoms. The molecule has 2 unspecified atom stereocenters. The summed E-state index contributed by atoms with van der Waals surface area (Å²) in [6.07, 6.45) is 11.2. The van der Waals surface area contributed by atoms with Crippen LogP contribution in [0.2, 0.25) is 0 Å². The first-order chi connectivity index (χ1) is 7.34. The van der Waals surface area contributed by atoms with Crippen LogP contribution in [-0.2, 0) is 4.79 Å². The standard InChI is InChI=1S/C12H12N2O/c15-11-7-9-6-5-8-3-1-2-4-10(8)12(9)14-13-11/h1-4,8-9H,5-7H2. The molecule has 3 heteroatoms. The smallest absolute Gasteiger partial charge is 0.265 e. The number of fused-ring (bicyclic) bond motifs is 2. The Morgan fingerprint density at radius 2 is 2.13 bits per heavy atom. The van der Waals surface area contributed by atoms with Crippen molar-refractivity contribution in [2.45, 2.75) is 19.3 Å². The maximum Gasteiger partial charge on any atom is 0.265 e. The first kappa shape index (κ1) is 8.77. The van der Waals surface area contributed by atoms with Crippen LogP contribution < -0.4 is 0 Å². The van der Waals surface area contributed by atoms with Gasteiger partial charge in [0.2, 0.25) is 0 Å². The van der Waals surface area contributed by atoms with Gasteiger partial charge in [-0.1, -0.05) is 24.3 Å². The molecular formula is C12H12N2O. The number of azo groups is 1. The van der Waals surface area contributed by atoms with Crippen LogP contribution in [0.15, 0.2) is 45.8 Å². The number of nitrogens with zero attached hydrogens (tertiary/aromatic N) is 2. The summed E-state index contributed by atoms with van der Waals surface area (Å²) in [5.41, 5.74) is 2.32. The quantitative estimate of drug-likeness (QED) is 0.592. The Labute approximate surface area is 88.3 Å². The first-order valence-electron chi connectivity index (χ1n) is 5.38. The van der Waals surface area contributed by atoms with Gasteiger partial charge in [0.15, 0.2) is 0 Å². The molecule has 2 aliphatic carbocycles. The van der Waals surface area contributed by atoms with Gasteiger partial charge in [0, 0.05) is 18.3 Å². The van der Waals surface area contributed by atoms with E-state index in [9.17, 15) is 4.79 Å². The molecular weight excluding hydrogens is 188 g/mol. The fraction of sp³-hybridized carbons (Fsp3) is 0.417. The highest BCUT2D eigenvalue weighted by Gasteiger charge is 2.32. The van der Waals surface area contributed by atoms with Crippen LogP contribution in [0.4, 0.5) is 0 Å². The fourth-order valence-electron chi connectivity index (χ4n) is 2.56. The van der Waals surface area contributed by atoms with Crippen molar-refractivity contribution in [3.8, 4) is 0 Å². The minimum Gasteiger partial charge on any atom is -0.271 e. The Balaban J connectivity index is 2.08. The van der Waals surface area contributed by atoms with Crippen molar-refractivity contribution in [3.63, 3.8) is 0 Å². The minimum absolute atomic E-state index is 0.0712. The summed E-state index contributed by atoms with van der Waals surface area (Å²) >= 11 is 0. The van der Waals surface area contributed by atoms with Crippen LogP contribution in [0.3, 0.4) is 0 Å². The number of rotatable bonds is 0. The molecule has 0 spiro atoms. The zero-order valence-corrected chi connectivity index (χ0v) is 8.39. The maximum atomic E-state index is 11.2. The highest BCUT2D eigenvalue weighted by atomic mass is 16.1. The highest BCUT2D eigenvalue weighted by Crippen LogP contribution is 2.41. The summed E-state index contributed by atoms with van der Waals surface area (Å²) in [5.74, 6) is 0.740. The van der Waals surface area contributed by atoms with Crippen LogP contribution in [0.1, 0.15) is 19.3 Å². The largest absolute Gasteiger partial charge is 0.271 e. The molecule has 3 rings (SSSR count). The molecule has 1 aliphatic heterocycles. The molecule has 76 valence electrons. The zero-order valence-electron chi connectivity index (χ0n) is 8.39.